The van der Waals surface area contributed by atoms with E-state index in [1.54, 1.807) is 34.6 Å². The molecule has 40 heavy (non-hydrogen) atoms. The van der Waals surface area contributed by atoms with Crippen LogP contribution in [0, 0.1) is 17.8 Å². The minimum atomic E-state index is -0.825. The van der Waals surface area contributed by atoms with Crippen LogP contribution in [0.2, 0.25) is 0 Å². The summed E-state index contributed by atoms with van der Waals surface area (Å²) in [7, 11) is 0. The minimum Gasteiger partial charge on any atom is -0.466 e. The Labute approximate surface area is 240 Å². The average molecular weight is 565 g/mol. The molecule has 3 saturated heterocycles. The lowest BCUT2D eigenvalue weighted by molar-refractivity contribution is -0.155. The molecule has 7 atom stereocenters. The second kappa shape index (κ2) is 10.9. The normalized spacial score (nSPS) is 30.3. The molecular formula is C32H40N2O5S. The molecule has 2 bridgehead atoms. The number of amides is 2. The monoisotopic (exact) mass is 564 g/mol. The van der Waals surface area contributed by atoms with E-state index in [0.29, 0.717) is 12.8 Å². The Hall–Kier alpha value is -2.84. The molecule has 3 aliphatic heterocycles. The van der Waals surface area contributed by atoms with Crippen LogP contribution in [-0.4, -0.2) is 69.1 Å². The number of fused-ring (bicyclic) bond motifs is 2. The first-order valence-electron chi connectivity index (χ1n) is 14.4. The van der Waals surface area contributed by atoms with Crippen LogP contribution in [0.1, 0.15) is 47.0 Å². The van der Waals surface area contributed by atoms with Gasteiger partial charge in [-0.3, -0.25) is 14.4 Å². The third-order valence-electron chi connectivity index (χ3n) is 9.46. The van der Waals surface area contributed by atoms with Gasteiger partial charge in [0, 0.05) is 17.0 Å². The fourth-order valence-corrected chi connectivity index (χ4v) is 9.67. The van der Waals surface area contributed by atoms with Crippen LogP contribution in [0.5, 0.6) is 0 Å². The van der Waals surface area contributed by atoms with Crippen molar-refractivity contribution in [3.8, 4) is 0 Å². The van der Waals surface area contributed by atoms with Crippen LogP contribution >= 0.6 is 11.8 Å². The van der Waals surface area contributed by atoms with Crippen molar-refractivity contribution in [2.45, 2.75) is 68.5 Å². The number of rotatable bonds is 10. The van der Waals surface area contributed by atoms with E-state index in [4.69, 9.17) is 4.74 Å². The lowest BCUT2D eigenvalue weighted by Crippen LogP contribution is -2.58. The van der Waals surface area contributed by atoms with Crippen molar-refractivity contribution in [2.24, 2.45) is 17.8 Å². The summed E-state index contributed by atoms with van der Waals surface area (Å²) in [5.74, 6) is -2.13. The SMILES string of the molecule is C=CCN(C(=O)C1N([C@@H](CO)[C@@H](C)CC)C(=O)[C@@H]2[C@H](C(=O)OCC)[C@]3(C)CCC12S3)c1ccc2ccccc2c1. The standard InChI is InChI=1S/C32H40N2O5S/c1-6-17-33(23-14-13-21-11-9-10-12-22(21)18-23)29(37)27-32-16-15-31(5,40-32)26(30(38)39-8-3)25(32)28(36)34(27)24(19-35)20(4)7-2/h6,9-14,18,20,24-27,35H,1,7-8,15-17,19H2,2-5H3/t20-,24-,25-,26+,27?,31-,32?/m0/s1. The largest absolute Gasteiger partial charge is 0.466 e. The second-order valence-corrected chi connectivity index (χ2v) is 13.5. The lowest BCUT2D eigenvalue weighted by atomic mass is 9.66. The zero-order valence-corrected chi connectivity index (χ0v) is 24.7. The average Bonchev–Trinajstić information content (AvgIpc) is 3.52. The fourth-order valence-electron chi connectivity index (χ4n) is 7.35. The smallest absolute Gasteiger partial charge is 0.311 e. The van der Waals surface area contributed by atoms with Crippen molar-refractivity contribution < 1.29 is 24.2 Å². The number of aliphatic hydroxyl groups excluding tert-OH is 1. The van der Waals surface area contributed by atoms with Crippen molar-refractivity contribution in [2.75, 3.05) is 24.7 Å². The zero-order chi connectivity index (χ0) is 28.8. The van der Waals surface area contributed by atoms with Crippen LogP contribution < -0.4 is 4.90 Å². The van der Waals surface area contributed by atoms with Gasteiger partial charge >= 0.3 is 5.97 Å². The maximum Gasteiger partial charge on any atom is 0.311 e. The van der Waals surface area contributed by atoms with Gasteiger partial charge in [0.25, 0.3) is 5.91 Å². The topological polar surface area (TPSA) is 87.2 Å². The maximum absolute atomic E-state index is 14.9. The van der Waals surface area contributed by atoms with Crippen LogP contribution in [0.25, 0.3) is 10.8 Å². The van der Waals surface area contributed by atoms with Gasteiger partial charge in [0.1, 0.15) is 6.04 Å². The second-order valence-electron chi connectivity index (χ2n) is 11.6. The van der Waals surface area contributed by atoms with E-state index in [2.05, 4.69) is 6.58 Å². The molecule has 2 aromatic rings. The van der Waals surface area contributed by atoms with Gasteiger partial charge < -0.3 is 19.6 Å². The number of esters is 1. The number of thioether (sulfide) groups is 1. The van der Waals surface area contributed by atoms with Gasteiger partial charge in [-0.05, 0) is 55.5 Å². The first-order valence-corrected chi connectivity index (χ1v) is 15.2. The molecule has 2 unspecified atom stereocenters. The molecule has 2 aromatic carbocycles. The van der Waals surface area contributed by atoms with E-state index in [1.165, 1.54) is 0 Å². The van der Waals surface area contributed by atoms with Crippen LogP contribution in [-0.2, 0) is 19.1 Å². The molecule has 8 heteroatoms. The van der Waals surface area contributed by atoms with E-state index in [0.717, 1.165) is 22.9 Å². The highest BCUT2D eigenvalue weighted by atomic mass is 32.2. The number of hydrogen-bond acceptors (Lipinski definition) is 6. The first kappa shape index (κ1) is 28.7. The summed E-state index contributed by atoms with van der Waals surface area (Å²) >= 11 is 1.62. The van der Waals surface area contributed by atoms with Crippen molar-refractivity contribution in [3.05, 3.63) is 55.1 Å². The molecule has 3 heterocycles. The summed E-state index contributed by atoms with van der Waals surface area (Å²) in [6, 6.07) is 12.5. The Balaban J connectivity index is 1.65. The molecule has 0 saturated carbocycles. The van der Waals surface area contributed by atoms with E-state index in [-0.39, 0.29) is 43.5 Å². The Morgan fingerprint density at radius 1 is 1.23 bits per heavy atom. The third kappa shape index (κ3) is 4.26. The Kier molecular flexibility index (Phi) is 7.79. The number of nitrogens with zero attached hydrogens (tertiary/aromatic N) is 2. The molecule has 0 aromatic heterocycles. The summed E-state index contributed by atoms with van der Waals surface area (Å²) in [5.41, 5.74) is 0.727. The van der Waals surface area contributed by atoms with Crippen molar-refractivity contribution in [1.29, 1.82) is 0 Å². The highest BCUT2D eigenvalue weighted by molar-refractivity contribution is 8.02. The molecule has 1 N–H and O–H groups in total. The van der Waals surface area contributed by atoms with Crippen LogP contribution in [0.15, 0.2) is 55.1 Å². The summed E-state index contributed by atoms with van der Waals surface area (Å²) < 4.78 is 4.23. The number of hydrogen-bond donors (Lipinski definition) is 1. The van der Waals surface area contributed by atoms with Gasteiger partial charge in [0.05, 0.1) is 35.8 Å². The zero-order valence-electron chi connectivity index (χ0n) is 23.8. The van der Waals surface area contributed by atoms with Crippen molar-refractivity contribution in [3.63, 3.8) is 0 Å². The summed E-state index contributed by atoms with van der Waals surface area (Å²) in [6.45, 7) is 12.0. The Morgan fingerprint density at radius 2 is 1.95 bits per heavy atom. The molecule has 1 spiro atoms. The molecule has 7 nitrogen and oxygen atoms in total. The summed E-state index contributed by atoms with van der Waals surface area (Å²) in [4.78, 5) is 46.0. The molecule has 3 aliphatic rings. The Bertz CT molecular complexity index is 1330. The van der Waals surface area contributed by atoms with Gasteiger partial charge in [0.15, 0.2) is 0 Å². The van der Waals surface area contributed by atoms with E-state index < -0.39 is 33.4 Å². The van der Waals surface area contributed by atoms with Crippen LogP contribution in [0.3, 0.4) is 0 Å². The van der Waals surface area contributed by atoms with E-state index in [1.807, 2.05) is 63.2 Å². The molecule has 214 valence electrons. The number of likely N-dealkylation sites (tertiary alicyclic amines) is 1. The first-order chi connectivity index (χ1) is 19.2. The Morgan fingerprint density at radius 3 is 2.60 bits per heavy atom. The molecule has 3 fully saturated rings. The van der Waals surface area contributed by atoms with E-state index >= 15 is 0 Å². The number of aliphatic hydroxyl groups is 1. The predicted octanol–water partition coefficient (Wildman–Crippen LogP) is 4.81. The molecule has 0 radical (unpaired) electrons. The molecule has 5 rings (SSSR count). The van der Waals surface area contributed by atoms with Crippen molar-refractivity contribution in [1.82, 2.24) is 4.90 Å². The molecule has 2 amide bonds. The number of carbonyl (C=O) groups excluding carboxylic acids is 3. The predicted molar refractivity (Wildman–Crippen MR) is 159 cm³/mol. The minimum absolute atomic E-state index is 0.0353. The molecule has 0 aliphatic carbocycles. The number of ether oxygens (including phenoxy) is 1. The highest BCUT2D eigenvalue weighted by Crippen LogP contribution is 2.72. The van der Waals surface area contributed by atoms with Gasteiger partial charge in [0.2, 0.25) is 5.91 Å². The highest BCUT2D eigenvalue weighted by Gasteiger charge is 2.78. The number of carbonyl (C=O) groups is 3. The van der Waals surface area contributed by atoms with E-state index in [9.17, 15) is 19.5 Å². The number of anilines is 1. The van der Waals surface area contributed by atoms with Gasteiger partial charge in [-0.15, -0.1) is 18.3 Å². The molecular weight excluding hydrogens is 524 g/mol. The lowest BCUT2D eigenvalue weighted by Gasteiger charge is -2.41. The van der Waals surface area contributed by atoms with Crippen molar-refractivity contribution >= 4 is 46.0 Å². The number of benzene rings is 2. The van der Waals surface area contributed by atoms with Gasteiger partial charge in [-0.1, -0.05) is 56.7 Å². The summed E-state index contributed by atoms with van der Waals surface area (Å²) in [5, 5.41) is 12.7. The third-order valence-corrected chi connectivity index (χ3v) is 11.4. The quantitative estimate of drug-likeness (QED) is 0.329. The fraction of sp³-hybridized carbons (Fsp3) is 0.531. The van der Waals surface area contributed by atoms with Crippen LogP contribution in [0.4, 0.5) is 5.69 Å². The van der Waals surface area contributed by atoms with Gasteiger partial charge in [-0.2, -0.15) is 0 Å². The van der Waals surface area contributed by atoms with Gasteiger partial charge in [-0.25, -0.2) is 0 Å². The summed E-state index contributed by atoms with van der Waals surface area (Å²) in [6.07, 6.45) is 3.79. The maximum atomic E-state index is 14.9.